The summed E-state index contributed by atoms with van der Waals surface area (Å²) in [5.41, 5.74) is 14.2. The molecule has 0 saturated carbocycles. The molecule has 0 heterocycles. The second kappa shape index (κ2) is 19.7. The van der Waals surface area contributed by atoms with Crippen LogP contribution in [0.2, 0.25) is 0 Å². The molecule has 0 aromatic rings. The maximum atomic E-state index is 7.46. The second-order valence-electron chi connectivity index (χ2n) is 13.4. The molecule has 0 radical (unpaired) electrons. The summed E-state index contributed by atoms with van der Waals surface area (Å²) in [5, 5.41) is 0. The molecule has 2 nitrogen and oxygen atoms in total. The fourth-order valence-electron chi connectivity index (χ4n) is 7.64. The molecule has 0 fully saturated rings. The Hall–Kier alpha value is 0.480. The lowest BCUT2D eigenvalue weighted by molar-refractivity contribution is 0.457. The zero-order chi connectivity index (χ0) is 30.7. The smallest absolute Gasteiger partial charge is 0.139 e. The first-order chi connectivity index (χ1) is 19.0. The van der Waals surface area contributed by atoms with E-state index in [4.69, 9.17) is 35.9 Å². The summed E-state index contributed by atoms with van der Waals surface area (Å²) >= 11 is 12.5. The van der Waals surface area contributed by atoms with Gasteiger partial charge in [-0.15, -0.1) is 0 Å². The Bertz CT molecular complexity index is 635. The number of hydrogen-bond donors (Lipinski definition) is 2. The van der Waals surface area contributed by atoms with Crippen molar-refractivity contribution in [2.45, 2.75) is 158 Å². The van der Waals surface area contributed by atoms with E-state index >= 15 is 0 Å². The summed E-state index contributed by atoms with van der Waals surface area (Å²) in [4.78, 5) is 0. The van der Waals surface area contributed by atoms with Crippen molar-refractivity contribution in [1.29, 1.82) is 0 Å². The summed E-state index contributed by atoms with van der Waals surface area (Å²) in [6, 6.07) is 0. The van der Waals surface area contributed by atoms with E-state index in [0.29, 0.717) is 28.0 Å². The van der Waals surface area contributed by atoms with Crippen LogP contribution in [0.4, 0.5) is 0 Å². The van der Waals surface area contributed by atoms with E-state index in [1.54, 1.807) is 0 Å². The van der Waals surface area contributed by atoms with Gasteiger partial charge in [0.15, 0.2) is 0 Å². The first-order valence-electron chi connectivity index (χ1n) is 17.3. The zero-order valence-electron chi connectivity index (χ0n) is 28.2. The third-order valence-corrected chi connectivity index (χ3v) is 25.0. The fraction of sp³-hybridized carbons (Fsp3) is 0.941. The van der Waals surface area contributed by atoms with E-state index in [0.717, 1.165) is 27.3 Å². The second-order valence-corrected chi connectivity index (χ2v) is 25.7. The Morgan fingerprint density at radius 1 is 0.525 bits per heavy atom. The molecule has 0 amide bonds. The van der Waals surface area contributed by atoms with Crippen LogP contribution in [-0.2, 0) is 0 Å². The zero-order valence-corrected chi connectivity index (χ0v) is 31.5. The number of unbranched alkanes of at least 4 members (excludes halogenated alkanes) is 4. The van der Waals surface area contributed by atoms with Gasteiger partial charge < -0.3 is 11.5 Å². The van der Waals surface area contributed by atoms with Gasteiger partial charge in [-0.2, -0.15) is 7.33 Å². The SMILES string of the molecule is CCCCC(CC)CS(CC(CC)CCCC)(CC(CC)CCCC)(CC(CC)CCCC)(SC(N)=S)C(N)=S. The van der Waals surface area contributed by atoms with Crippen molar-refractivity contribution in [2.24, 2.45) is 35.1 Å². The molecule has 0 saturated heterocycles. The van der Waals surface area contributed by atoms with Gasteiger partial charge >= 0.3 is 0 Å². The van der Waals surface area contributed by atoms with Gasteiger partial charge in [0.2, 0.25) is 0 Å². The number of hydrogen-bond acceptors (Lipinski definition) is 3. The Labute approximate surface area is 266 Å². The quantitative estimate of drug-likeness (QED) is 0.0815. The van der Waals surface area contributed by atoms with Crippen LogP contribution in [-0.4, -0.2) is 31.7 Å². The maximum Gasteiger partial charge on any atom is 0.139 e. The van der Waals surface area contributed by atoms with Gasteiger partial charge in [0.05, 0.1) is 0 Å². The van der Waals surface area contributed by atoms with Crippen LogP contribution in [0.25, 0.3) is 0 Å². The Balaban J connectivity index is 7.87. The average molecular weight is 637 g/mol. The highest BCUT2D eigenvalue weighted by molar-refractivity contribution is 9.23. The van der Waals surface area contributed by atoms with E-state index in [9.17, 15) is 0 Å². The van der Waals surface area contributed by atoms with Crippen molar-refractivity contribution in [2.75, 3.05) is 23.0 Å². The number of thiocarbonyl (C=S) groups is 2. The van der Waals surface area contributed by atoms with Gasteiger partial charge in [0, 0.05) is 0 Å². The molecule has 0 aromatic carbocycles. The molecule has 0 rings (SSSR count). The molecule has 0 aliphatic heterocycles. The highest BCUT2D eigenvalue weighted by Crippen LogP contribution is 2.99. The molecule has 0 aromatic heterocycles. The predicted octanol–water partition coefficient (Wildman–Crippen LogP) is 11.9. The Kier molecular flexibility index (Phi) is 19.9. The van der Waals surface area contributed by atoms with Gasteiger partial charge in [0.25, 0.3) is 0 Å². The molecular weight excluding hydrogens is 565 g/mol. The predicted molar refractivity (Wildman–Crippen MR) is 201 cm³/mol. The molecular formula is C34H72N2S4. The van der Waals surface area contributed by atoms with Crippen LogP contribution in [0.5, 0.6) is 0 Å². The van der Waals surface area contributed by atoms with Crippen LogP contribution in [0, 0.1) is 23.7 Å². The van der Waals surface area contributed by atoms with Gasteiger partial charge in [-0.1, -0.05) is 168 Å². The van der Waals surface area contributed by atoms with Gasteiger partial charge in [-0.25, -0.2) is 0 Å². The standard InChI is InChI=1S/C34H72N2S4/c1-9-17-21-29(13-5)25-40(34(36)38,39-33(35)37,26-30(14-6)22-18-10-2,27-31(15-7)23-19-11-3)28-32(16-8)24-20-12-4/h29-32H,9-28H2,1-8H3,(H2,35,37)(H2,36,38). The molecule has 0 spiro atoms. The van der Waals surface area contributed by atoms with E-state index in [2.05, 4.69) is 55.4 Å². The molecule has 4 N–H and O–H groups in total. The summed E-state index contributed by atoms with van der Waals surface area (Å²) < 4.78 is 1.44. The van der Waals surface area contributed by atoms with E-state index in [1.807, 2.05) is 10.8 Å². The van der Waals surface area contributed by atoms with Crippen LogP contribution < -0.4 is 11.5 Å². The highest BCUT2D eigenvalue weighted by Gasteiger charge is 2.66. The first-order valence-corrected chi connectivity index (χ1v) is 22.5. The Morgan fingerprint density at radius 3 is 0.925 bits per heavy atom. The normalized spacial score (nSPS) is 17.0. The number of rotatable bonds is 24. The highest BCUT2D eigenvalue weighted by atomic mass is 33.2. The van der Waals surface area contributed by atoms with Crippen LogP contribution in [0.3, 0.4) is 0 Å². The van der Waals surface area contributed by atoms with Crippen LogP contribution in [0.15, 0.2) is 0 Å². The molecule has 4 atom stereocenters. The molecule has 6 heteroatoms. The van der Waals surface area contributed by atoms with Crippen molar-refractivity contribution in [3.63, 3.8) is 0 Å². The minimum atomic E-state index is -3.43. The summed E-state index contributed by atoms with van der Waals surface area (Å²) in [5.74, 6) is 7.01. The van der Waals surface area contributed by atoms with E-state index < -0.39 is 7.33 Å². The fourth-order valence-corrected chi connectivity index (χ4v) is 25.5. The van der Waals surface area contributed by atoms with E-state index in [-0.39, 0.29) is 0 Å². The molecule has 242 valence electrons. The molecule has 4 unspecified atom stereocenters. The third-order valence-electron chi connectivity index (χ3n) is 10.1. The van der Waals surface area contributed by atoms with E-state index in [1.165, 1.54) is 103 Å². The Morgan fingerprint density at radius 2 is 0.775 bits per heavy atom. The average Bonchev–Trinajstić information content (AvgIpc) is 2.93. The maximum absolute atomic E-state index is 7.46. The van der Waals surface area contributed by atoms with Gasteiger partial charge in [-0.3, -0.25) is 0 Å². The third kappa shape index (κ3) is 11.2. The van der Waals surface area contributed by atoms with Crippen LogP contribution >= 0.6 is 42.6 Å². The van der Waals surface area contributed by atoms with Crippen molar-refractivity contribution >= 4 is 51.2 Å². The molecule has 40 heavy (non-hydrogen) atoms. The summed E-state index contributed by atoms with van der Waals surface area (Å²) in [6.45, 7) is 18.9. The van der Waals surface area contributed by atoms with Gasteiger partial charge in [0.1, 0.15) is 8.64 Å². The minimum Gasteiger partial charge on any atom is -0.386 e. The summed E-state index contributed by atoms with van der Waals surface area (Å²) in [6.07, 6.45) is 19.8. The minimum absolute atomic E-state index is 0.598. The lowest BCUT2D eigenvalue weighted by Gasteiger charge is -2.81. The largest absolute Gasteiger partial charge is 0.386 e. The molecule has 0 aliphatic carbocycles. The molecule has 0 bridgehead atoms. The lowest BCUT2D eigenvalue weighted by atomic mass is 10.0. The van der Waals surface area contributed by atoms with Crippen molar-refractivity contribution in [1.82, 2.24) is 0 Å². The van der Waals surface area contributed by atoms with Crippen molar-refractivity contribution in [3.05, 3.63) is 0 Å². The first kappa shape index (κ1) is 40.5. The van der Waals surface area contributed by atoms with Crippen molar-refractivity contribution in [3.8, 4) is 0 Å². The summed E-state index contributed by atoms with van der Waals surface area (Å²) in [7, 11) is -1.51. The monoisotopic (exact) mass is 636 g/mol. The van der Waals surface area contributed by atoms with Crippen LogP contribution in [0.1, 0.15) is 158 Å². The number of nitrogens with two attached hydrogens (primary N) is 2. The molecule has 0 aliphatic rings. The van der Waals surface area contributed by atoms with Crippen molar-refractivity contribution < 1.29 is 0 Å². The van der Waals surface area contributed by atoms with Gasteiger partial charge in [-0.05, 0) is 72.4 Å². The topological polar surface area (TPSA) is 52.0 Å². The lowest BCUT2D eigenvalue weighted by Crippen LogP contribution is -2.59.